The Morgan fingerprint density at radius 3 is 2.67 bits per heavy atom. The van der Waals surface area contributed by atoms with Gasteiger partial charge in [0.1, 0.15) is 17.2 Å². The number of nitrogens with zero attached hydrogens (tertiary/aromatic N) is 3. The first-order chi connectivity index (χ1) is 17.0. The Labute approximate surface area is 215 Å². The number of halogens is 1. The molecule has 0 saturated heterocycles. The second kappa shape index (κ2) is 10.3. The van der Waals surface area contributed by atoms with Crippen molar-refractivity contribution in [3.63, 3.8) is 0 Å². The number of hydrogen-bond acceptors (Lipinski definition) is 7. The molecule has 0 amide bonds. The van der Waals surface area contributed by atoms with Crippen LogP contribution in [-0.4, -0.2) is 60.3 Å². The Bertz CT molecular complexity index is 1290. The molecule has 0 bridgehead atoms. The third kappa shape index (κ3) is 5.45. The number of nitrogens with one attached hydrogen (secondary N) is 1. The van der Waals surface area contributed by atoms with Crippen LogP contribution in [0.5, 0.6) is 11.6 Å². The van der Waals surface area contributed by atoms with Crippen molar-refractivity contribution in [3.8, 4) is 11.6 Å². The number of carboxylic acid groups (broad SMARTS) is 1. The molecule has 2 fully saturated rings. The molecule has 2 N–H and O–H groups in total. The lowest BCUT2D eigenvalue weighted by atomic mass is 9.83. The monoisotopic (exact) mass is 532 g/mol. The van der Waals surface area contributed by atoms with Crippen LogP contribution < -0.4 is 4.74 Å². The average molecular weight is 533 g/mol. The Hall–Kier alpha value is -2.82. The van der Waals surface area contributed by atoms with Gasteiger partial charge < -0.3 is 15.3 Å². The zero-order valence-electron chi connectivity index (χ0n) is 20.1. The van der Waals surface area contributed by atoms with Gasteiger partial charge in [0.25, 0.3) is 0 Å². The molecule has 2 saturated carbocycles. The van der Waals surface area contributed by atoms with E-state index in [-0.39, 0.29) is 10.3 Å². The maximum Gasteiger partial charge on any atom is 0.325 e. The van der Waals surface area contributed by atoms with Crippen LogP contribution in [0, 0.1) is 11.3 Å². The van der Waals surface area contributed by atoms with Crippen molar-refractivity contribution in [1.29, 1.82) is 5.41 Å². The van der Waals surface area contributed by atoms with Crippen molar-refractivity contribution in [3.05, 3.63) is 47.1 Å². The third-order valence-corrected chi connectivity index (χ3v) is 9.08. The fourth-order valence-electron chi connectivity index (χ4n) is 4.53. The molecule has 1 aromatic carbocycles. The molecule has 9 nitrogen and oxygen atoms in total. The number of carboxylic acids is 1. The van der Waals surface area contributed by atoms with Crippen molar-refractivity contribution in [2.75, 3.05) is 13.6 Å². The van der Waals surface area contributed by atoms with Crippen LogP contribution in [0.25, 0.3) is 0 Å². The molecule has 0 radical (unpaired) electrons. The lowest BCUT2D eigenvalue weighted by molar-refractivity contribution is -0.135. The highest BCUT2D eigenvalue weighted by atomic mass is 35.5. The van der Waals surface area contributed by atoms with Crippen molar-refractivity contribution in [2.24, 2.45) is 10.9 Å². The van der Waals surface area contributed by atoms with Gasteiger partial charge in [-0.25, -0.2) is 13.4 Å². The summed E-state index contributed by atoms with van der Waals surface area (Å²) >= 11 is 5.96. The minimum absolute atomic E-state index is 0.0508. The first-order valence-corrected chi connectivity index (χ1v) is 13.5. The Kier molecular flexibility index (Phi) is 7.49. The van der Waals surface area contributed by atoms with Gasteiger partial charge in [0.05, 0.1) is 6.20 Å². The summed E-state index contributed by atoms with van der Waals surface area (Å²) in [5.74, 6) is -0.743. The fraction of sp³-hybridized carbons (Fsp3) is 0.440. The summed E-state index contributed by atoms with van der Waals surface area (Å²) < 4.78 is 34.7. The van der Waals surface area contributed by atoms with Gasteiger partial charge in [-0.2, -0.15) is 4.31 Å². The van der Waals surface area contributed by atoms with Crippen molar-refractivity contribution < 1.29 is 23.1 Å². The van der Waals surface area contributed by atoms with Gasteiger partial charge in [-0.15, -0.1) is 0 Å². The predicted octanol–water partition coefficient (Wildman–Crippen LogP) is 4.54. The van der Waals surface area contributed by atoms with E-state index in [9.17, 15) is 13.2 Å². The number of ether oxygens (including phenoxy) is 1. The molecule has 2 aliphatic carbocycles. The van der Waals surface area contributed by atoms with Gasteiger partial charge in [0.15, 0.2) is 0 Å². The van der Waals surface area contributed by atoms with Gasteiger partial charge in [-0.05, 0) is 67.9 Å². The lowest BCUT2D eigenvalue weighted by Crippen LogP contribution is -2.47. The molecule has 2 aromatic rings. The smallest absolute Gasteiger partial charge is 0.325 e. The normalized spacial score (nSPS) is 22.4. The minimum atomic E-state index is -3.96. The Morgan fingerprint density at radius 2 is 2.06 bits per heavy atom. The number of sulfonamides is 1. The average Bonchev–Trinajstić information content (AvgIpc) is 3.61. The number of aliphatic imine (C=N–C) groups is 1. The van der Waals surface area contributed by atoms with E-state index in [0.29, 0.717) is 41.6 Å². The molecule has 0 aliphatic heterocycles. The first kappa shape index (κ1) is 26.2. The number of aliphatic carboxylic acids is 1. The van der Waals surface area contributed by atoms with E-state index in [1.807, 2.05) is 0 Å². The molecule has 4 rings (SSSR count). The third-order valence-electron chi connectivity index (χ3n) is 6.98. The van der Waals surface area contributed by atoms with E-state index >= 15 is 0 Å². The standard InChI is InChI=1S/C25H29ClN4O5S/c1-25(10-11-25)20-12-18(14-29-24(20)35-17-8-6-16(26)7-9-17)36(33,34)30(2)22-5-3-4-21(19(22)13-27)28-15-23(31)32/h6-9,12-14,19,22,27H,3-5,10-11,15H2,1-2H3,(H,31,32). The highest BCUT2D eigenvalue weighted by molar-refractivity contribution is 7.89. The molecule has 1 aromatic heterocycles. The number of rotatable bonds is 9. The SMILES string of the molecule is CN(C1CCCC(=NCC(=O)O)C1C=N)S(=O)(=O)c1cnc(Oc2ccc(Cl)cc2)c(C2(C)CC2)c1. The highest BCUT2D eigenvalue weighted by Gasteiger charge is 2.44. The molecule has 11 heteroatoms. The van der Waals surface area contributed by atoms with Crippen molar-refractivity contribution in [1.82, 2.24) is 9.29 Å². The van der Waals surface area contributed by atoms with Gasteiger partial charge in [0, 0.05) is 41.5 Å². The van der Waals surface area contributed by atoms with Gasteiger partial charge >= 0.3 is 5.97 Å². The summed E-state index contributed by atoms with van der Waals surface area (Å²) in [7, 11) is -2.47. The topological polar surface area (TPSA) is 133 Å². The van der Waals surface area contributed by atoms with Crippen LogP contribution in [0.15, 0.2) is 46.4 Å². The molecule has 0 spiro atoms. The number of carbonyl (C=O) groups is 1. The zero-order valence-corrected chi connectivity index (χ0v) is 21.7. The summed E-state index contributed by atoms with van der Waals surface area (Å²) in [6.45, 7) is 1.65. The minimum Gasteiger partial charge on any atom is -0.480 e. The summed E-state index contributed by atoms with van der Waals surface area (Å²) in [5.41, 5.74) is 1.04. The molecule has 192 valence electrons. The van der Waals surface area contributed by atoms with E-state index in [2.05, 4.69) is 16.9 Å². The van der Waals surface area contributed by atoms with Crippen LogP contribution in [-0.2, 0) is 20.2 Å². The summed E-state index contributed by atoms with van der Waals surface area (Å²) in [5, 5.41) is 17.5. The fourth-order valence-corrected chi connectivity index (χ4v) is 6.04. The largest absolute Gasteiger partial charge is 0.480 e. The van der Waals surface area contributed by atoms with E-state index in [0.717, 1.165) is 24.6 Å². The highest BCUT2D eigenvalue weighted by Crippen LogP contribution is 2.51. The summed E-state index contributed by atoms with van der Waals surface area (Å²) in [6, 6.07) is 7.97. The number of hydrogen-bond donors (Lipinski definition) is 2. The zero-order chi connectivity index (χ0) is 26.1. The lowest BCUT2D eigenvalue weighted by Gasteiger charge is -2.36. The van der Waals surface area contributed by atoms with Gasteiger partial charge in [-0.3, -0.25) is 9.79 Å². The second-order valence-corrected chi connectivity index (χ2v) is 11.9. The van der Waals surface area contributed by atoms with Gasteiger partial charge in [0.2, 0.25) is 15.9 Å². The molecule has 1 heterocycles. The maximum absolute atomic E-state index is 13.7. The quantitative estimate of drug-likeness (QED) is 0.455. The molecule has 2 unspecified atom stereocenters. The number of pyridine rings is 1. The predicted molar refractivity (Wildman–Crippen MR) is 137 cm³/mol. The van der Waals surface area contributed by atoms with Crippen LogP contribution >= 0.6 is 11.6 Å². The first-order valence-electron chi connectivity index (χ1n) is 11.7. The van der Waals surface area contributed by atoms with E-state index in [1.165, 1.54) is 17.5 Å². The molecular formula is C25H29ClN4O5S. The number of aromatic nitrogens is 1. The Morgan fingerprint density at radius 1 is 1.36 bits per heavy atom. The molecule has 2 aliphatic rings. The van der Waals surface area contributed by atoms with E-state index < -0.39 is 34.5 Å². The van der Waals surface area contributed by atoms with Crippen LogP contribution in [0.3, 0.4) is 0 Å². The van der Waals surface area contributed by atoms with Crippen molar-refractivity contribution >= 4 is 39.5 Å². The van der Waals surface area contributed by atoms with E-state index in [1.54, 1.807) is 30.3 Å². The Balaban J connectivity index is 1.65. The van der Waals surface area contributed by atoms with Crippen molar-refractivity contribution in [2.45, 2.75) is 55.4 Å². The maximum atomic E-state index is 13.7. The van der Waals surface area contributed by atoms with Crippen LogP contribution in [0.1, 0.15) is 44.6 Å². The van der Waals surface area contributed by atoms with Crippen LogP contribution in [0.4, 0.5) is 0 Å². The molecular weight excluding hydrogens is 504 g/mol. The van der Waals surface area contributed by atoms with E-state index in [4.69, 9.17) is 26.9 Å². The molecule has 36 heavy (non-hydrogen) atoms. The van der Waals surface area contributed by atoms with Crippen LogP contribution in [0.2, 0.25) is 5.02 Å². The summed E-state index contributed by atoms with van der Waals surface area (Å²) in [6.07, 6.45) is 5.99. The summed E-state index contributed by atoms with van der Waals surface area (Å²) in [4.78, 5) is 19.6. The molecule has 2 atom stereocenters. The van der Waals surface area contributed by atoms with Gasteiger partial charge in [-0.1, -0.05) is 18.5 Å². The second-order valence-electron chi connectivity index (χ2n) is 9.51. The number of benzene rings is 1.